The van der Waals surface area contributed by atoms with Gasteiger partial charge in [-0.3, -0.25) is 10.1 Å². The first-order valence-corrected chi connectivity index (χ1v) is 9.25. The topological polar surface area (TPSA) is 50.4 Å². The summed E-state index contributed by atoms with van der Waals surface area (Å²) in [5.74, 6) is 1.28. The SMILES string of the molecule is CC[C@H](N[C@@H](C)C(=O)Nc1ccc(C(C)C)cc1)c1ccc(OC)cc1. The van der Waals surface area contributed by atoms with Gasteiger partial charge in [0.25, 0.3) is 0 Å². The van der Waals surface area contributed by atoms with E-state index in [-0.39, 0.29) is 18.0 Å². The van der Waals surface area contributed by atoms with Crippen molar-refractivity contribution in [1.29, 1.82) is 0 Å². The molecule has 0 spiro atoms. The average Bonchev–Trinajstić information content (AvgIpc) is 2.66. The molecule has 0 fully saturated rings. The van der Waals surface area contributed by atoms with Crippen molar-refractivity contribution in [3.05, 3.63) is 59.7 Å². The summed E-state index contributed by atoms with van der Waals surface area (Å²) in [6.45, 7) is 8.31. The Morgan fingerprint density at radius 1 is 0.962 bits per heavy atom. The van der Waals surface area contributed by atoms with Crippen LogP contribution in [0.2, 0.25) is 0 Å². The number of benzene rings is 2. The first-order valence-electron chi connectivity index (χ1n) is 9.25. The van der Waals surface area contributed by atoms with Crippen LogP contribution in [0.4, 0.5) is 5.69 Å². The van der Waals surface area contributed by atoms with E-state index in [1.165, 1.54) is 5.56 Å². The minimum Gasteiger partial charge on any atom is -0.497 e. The number of hydrogen-bond donors (Lipinski definition) is 2. The second kappa shape index (κ2) is 9.39. The van der Waals surface area contributed by atoms with Gasteiger partial charge in [0.2, 0.25) is 5.91 Å². The van der Waals surface area contributed by atoms with Crippen LogP contribution in [0.1, 0.15) is 57.2 Å². The molecule has 0 saturated carbocycles. The van der Waals surface area contributed by atoms with Crippen LogP contribution in [-0.4, -0.2) is 19.1 Å². The average molecular weight is 354 g/mol. The molecule has 26 heavy (non-hydrogen) atoms. The Kier molecular flexibility index (Phi) is 7.22. The van der Waals surface area contributed by atoms with E-state index in [9.17, 15) is 4.79 Å². The summed E-state index contributed by atoms with van der Waals surface area (Å²) in [5.41, 5.74) is 3.24. The van der Waals surface area contributed by atoms with Gasteiger partial charge in [-0.15, -0.1) is 0 Å². The molecule has 2 aromatic rings. The van der Waals surface area contributed by atoms with Gasteiger partial charge >= 0.3 is 0 Å². The van der Waals surface area contributed by atoms with Crippen LogP contribution in [0.5, 0.6) is 5.75 Å². The summed E-state index contributed by atoms with van der Waals surface area (Å²) in [6.07, 6.45) is 0.896. The summed E-state index contributed by atoms with van der Waals surface area (Å²) >= 11 is 0. The van der Waals surface area contributed by atoms with E-state index in [0.717, 1.165) is 23.4 Å². The van der Waals surface area contributed by atoms with Crippen molar-refractivity contribution >= 4 is 11.6 Å². The van der Waals surface area contributed by atoms with Crippen LogP contribution in [0, 0.1) is 0 Å². The molecule has 0 unspecified atom stereocenters. The molecule has 140 valence electrons. The lowest BCUT2D eigenvalue weighted by Gasteiger charge is -2.22. The fraction of sp³-hybridized carbons (Fsp3) is 0.409. The molecular weight excluding hydrogens is 324 g/mol. The van der Waals surface area contributed by atoms with Crippen molar-refractivity contribution in [2.75, 3.05) is 12.4 Å². The van der Waals surface area contributed by atoms with Crippen molar-refractivity contribution in [1.82, 2.24) is 5.32 Å². The van der Waals surface area contributed by atoms with E-state index < -0.39 is 0 Å². The normalized spacial score (nSPS) is 13.3. The number of carbonyl (C=O) groups is 1. The van der Waals surface area contributed by atoms with Gasteiger partial charge in [-0.05, 0) is 54.7 Å². The summed E-state index contributed by atoms with van der Waals surface area (Å²) in [6, 6.07) is 15.8. The molecule has 1 amide bonds. The number of rotatable bonds is 8. The third kappa shape index (κ3) is 5.33. The van der Waals surface area contributed by atoms with Crippen LogP contribution in [0.3, 0.4) is 0 Å². The number of amides is 1. The standard InChI is InChI=1S/C22H30N2O2/c1-6-21(18-9-13-20(26-5)14-10-18)23-16(4)22(25)24-19-11-7-17(8-12-19)15(2)3/h7-16,21,23H,6H2,1-5H3,(H,24,25)/t16-,21-/m0/s1. The number of carbonyl (C=O) groups excluding carboxylic acids is 1. The largest absolute Gasteiger partial charge is 0.497 e. The van der Waals surface area contributed by atoms with Crippen LogP contribution < -0.4 is 15.4 Å². The van der Waals surface area contributed by atoms with E-state index in [1.807, 2.05) is 43.3 Å². The van der Waals surface area contributed by atoms with Crippen molar-refractivity contribution < 1.29 is 9.53 Å². The van der Waals surface area contributed by atoms with Gasteiger partial charge in [-0.1, -0.05) is 45.0 Å². The molecule has 0 bridgehead atoms. The maximum Gasteiger partial charge on any atom is 0.241 e. The second-order valence-corrected chi connectivity index (χ2v) is 6.89. The Morgan fingerprint density at radius 3 is 2.04 bits per heavy atom. The summed E-state index contributed by atoms with van der Waals surface area (Å²) in [5, 5.41) is 6.40. The van der Waals surface area contributed by atoms with Crippen molar-refractivity contribution in [3.8, 4) is 5.75 Å². The minimum atomic E-state index is -0.299. The highest BCUT2D eigenvalue weighted by atomic mass is 16.5. The lowest BCUT2D eigenvalue weighted by atomic mass is 10.0. The first-order chi connectivity index (χ1) is 12.4. The predicted molar refractivity (Wildman–Crippen MR) is 108 cm³/mol. The van der Waals surface area contributed by atoms with Gasteiger partial charge in [-0.25, -0.2) is 0 Å². The van der Waals surface area contributed by atoms with Crippen LogP contribution in [0.25, 0.3) is 0 Å². The summed E-state index contributed by atoms with van der Waals surface area (Å²) < 4.78 is 5.21. The molecule has 0 radical (unpaired) electrons. The third-order valence-electron chi connectivity index (χ3n) is 4.62. The van der Waals surface area contributed by atoms with E-state index in [2.05, 4.69) is 43.5 Å². The molecule has 2 aromatic carbocycles. The quantitative estimate of drug-likeness (QED) is 0.710. The fourth-order valence-electron chi connectivity index (χ4n) is 2.87. The Labute approximate surface area is 157 Å². The highest BCUT2D eigenvalue weighted by Crippen LogP contribution is 2.21. The Balaban J connectivity index is 1.97. The van der Waals surface area contributed by atoms with Gasteiger partial charge < -0.3 is 10.1 Å². The number of hydrogen-bond acceptors (Lipinski definition) is 3. The lowest BCUT2D eigenvalue weighted by Crippen LogP contribution is -2.40. The van der Waals surface area contributed by atoms with Crippen molar-refractivity contribution in [2.24, 2.45) is 0 Å². The Morgan fingerprint density at radius 2 is 1.54 bits per heavy atom. The fourth-order valence-corrected chi connectivity index (χ4v) is 2.87. The smallest absolute Gasteiger partial charge is 0.241 e. The van der Waals surface area contributed by atoms with E-state index in [0.29, 0.717) is 5.92 Å². The molecule has 0 aromatic heterocycles. The van der Waals surface area contributed by atoms with Crippen molar-refractivity contribution in [3.63, 3.8) is 0 Å². The molecule has 4 heteroatoms. The number of anilines is 1. The zero-order valence-corrected chi connectivity index (χ0v) is 16.4. The maximum atomic E-state index is 12.5. The number of nitrogens with one attached hydrogen (secondary N) is 2. The first kappa shape index (κ1) is 20.0. The number of methoxy groups -OCH3 is 1. The number of ether oxygens (including phenoxy) is 1. The lowest BCUT2D eigenvalue weighted by molar-refractivity contribution is -0.118. The van der Waals surface area contributed by atoms with Crippen LogP contribution in [0.15, 0.2) is 48.5 Å². The van der Waals surface area contributed by atoms with Crippen LogP contribution >= 0.6 is 0 Å². The van der Waals surface area contributed by atoms with Gasteiger partial charge in [0, 0.05) is 11.7 Å². The van der Waals surface area contributed by atoms with Gasteiger partial charge in [0.15, 0.2) is 0 Å². The Hall–Kier alpha value is -2.33. The van der Waals surface area contributed by atoms with Crippen molar-refractivity contribution in [2.45, 2.75) is 52.1 Å². The molecule has 0 aliphatic carbocycles. The highest BCUT2D eigenvalue weighted by molar-refractivity contribution is 5.94. The van der Waals surface area contributed by atoms with E-state index >= 15 is 0 Å². The van der Waals surface area contributed by atoms with Crippen LogP contribution in [-0.2, 0) is 4.79 Å². The Bertz CT molecular complexity index is 693. The van der Waals surface area contributed by atoms with Gasteiger partial charge in [0.1, 0.15) is 5.75 Å². The highest BCUT2D eigenvalue weighted by Gasteiger charge is 2.18. The molecule has 0 aliphatic heterocycles. The molecule has 2 rings (SSSR count). The second-order valence-electron chi connectivity index (χ2n) is 6.89. The molecular formula is C22H30N2O2. The third-order valence-corrected chi connectivity index (χ3v) is 4.62. The minimum absolute atomic E-state index is 0.0331. The predicted octanol–water partition coefficient (Wildman–Crippen LogP) is 4.89. The molecule has 0 aliphatic rings. The molecule has 4 nitrogen and oxygen atoms in total. The van der Waals surface area contributed by atoms with E-state index in [1.54, 1.807) is 7.11 Å². The monoisotopic (exact) mass is 354 g/mol. The van der Waals surface area contributed by atoms with Gasteiger partial charge in [0.05, 0.1) is 13.2 Å². The molecule has 2 N–H and O–H groups in total. The summed E-state index contributed by atoms with van der Waals surface area (Å²) in [7, 11) is 1.66. The molecule has 0 saturated heterocycles. The van der Waals surface area contributed by atoms with E-state index in [4.69, 9.17) is 4.74 Å². The maximum absolute atomic E-state index is 12.5. The summed E-state index contributed by atoms with van der Waals surface area (Å²) in [4.78, 5) is 12.5. The zero-order chi connectivity index (χ0) is 19.1. The zero-order valence-electron chi connectivity index (χ0n) is 16.4. The van der Waals surface area contributed by atoms with Gasteiger partial charge in [-0.2, -0.15) is 0 Å². The molecule has 2 atom stereocenters. The molecule has 0 heterocycles.